The van der Waals surface area contributed by atoms with Crippen molar-refractivity contribution in [1.82, 2.24) is 14.8 Å². The van der Waals surface area contributed by atoms with Crippen molar-refractivity contribution in [2.45, 2.75) is 32.4 Å². The summed E-state index contributed by atoms with van der Waals surface area (Å²) in [4.78, 5) is 34.2. The summed E-state index contributed by atoms with van der Waals surface area (Å²) in [7, 11) is 3.22. The lowest BCUT2D eigenvalue weighted by Crippen LogP contribution is -2.63. The molecule has 1 unspecified atom stereocenters. The topological polar surface area (TPSA) is 74.9 Å². The monoisotopic (exact) mass is 447 g/mol. The van der Waals surface area contributed by atoms with Crippen LogP contribution < -0.4 is 9.47 Å². The number of nitrogens with one attached hydrogen (secondary N) is 1. The number of hydrogen-bond acceptors (Lipinski definition) is 4. The first kappa shape index (κ1) is 21.4. The molecule has 0 aliphatic carbocycles. The maximum absolute atomic E-state index is 13.6. The highest BCUT2D eigenvalue weighted by Crippen LogP contribution is 2.45. The molecule has 2 amide bonds. The van der Waals surface area contributed by atoms with Crippen molar-refractivity contribution in [3.05, 3.63) is 59.3 Å². The Balaban J connectivity index is 1.71. The van der Waals surface area contributed by atoms with Crippen LogP contribution >= 0.6 is 0 Å². The minimum absolute atomic E-state index is 0.0108. The predicted octanol–water partition coefficient (Wildman–Crippen LogP) is 3.53. The number of fused-ring (bicyclic) bond motifs is 4. The second kappa shape index (κ2) is 8.14. The summed E-state index contributed by atoms with van der Waals surface area (Å²) in [6.45, 7) is 4.80. The van der Waals surface area contributed by atoms with E-state index in [0.717, 1.165) is 27.7 Å². The number of rotatable bonds is 5. The number of aromatic nitrogens is 1. The quantitative estimate of drug-likeness (QED) is 0.649. The second-order valence-electron chi connectivity index (χ2n) is 9.21. The molecule has 3 aromatic rings. The molecule has 7 heteroatoms. The van der Waals surface area contributed by atoms with Gasteiger partial charge in [-0.1, -0.05) is 32.0 Å². The number of carbonyl (C=O) groups excluding carboxylic acids is 2. The molecule has 0 saturated carbocycles. The van der Waals surface area contributed by atoms with E-state index in [0.29, 0.717) is 24.5 Å². The number of methoxy groups -OCH3 is 2. The molecular weight excluding hydrogens is 418 g/mol. The third kappa shape index (κ3) is 3.43. The fourth-order valence-corrected chi connectivity index (χ4v) is 5.29. The van der Waals surface area contributed by atoms with Gasteiger partial charge in [0.1, 0.15) is 23.6 Å². The molecule has 2 aliphatic heterocycles. The van der Waals surface area contributed by atoms with Crippen LogP contribution in [0.25, 0.3) is 10.9 Å². The van der Waals surface area contributed by atoms with E-state index in [1.54, 1.807) is 24.0 Å². The van der Waals surface area contributed by atoms with Gasteiger partial charge in [-0.05, 0) is 29.7 Å². The van der Waals surface area contributed by atoms with Crippen molar-refractivity contribution in [2.24, 2.45) is 5.92 Å². The van der Waals surface area contributed by atoms with E-state index in [9.17, 15) is 9.59 Å². The summed E-state index contributed by atoms with van der Waals surface area (Å²) < 4.78 is 11.1. The van der Waals surface area contributed by atoms with Crippen LogP contribution in [0, 0.1) is 5.92 Å². The van der Waals surface area contributed by atoms with Crippen molar-refractivity contribution in [3.63, 3.8) is 0 Å². The van der Waals surface area contributed by atoms with Gasteiger partial charge in [0.15, 0.2) is 0 Å². The summed E-state index contributed by atoms with van der Waals surface area (Å²) in [6, 6.07) is 12.7. The molecule has 7 nitrogen and oxygen atoms in total. The number of hydrogen-bond donors (Lipinski definition) is 1. The van der Waals surface area contributed by atoms with E-state index in [-0.39, 0.29) is 24.3 Å². The number of para-hydroxylation sites is 1. The van der Waals surface area contributed by atoms with Crippen molar-refractivity contribution < 1.29 is 19.1 Å². The number of H-pyrrole nitrogens is 1. The largest absolute Gasteiger partial charge is 0.497 e. The van der Waals surface area contributed by atoms with Gasteiger partial charge in [-0.15, -0.1) is 0 Å². The van der Waals surface area contributed by atoms with E-state index in [4.69, 9.17) is 9.47 Å². The number of nitrogens with zero attached hydrogens (tertiary/aromatic N) is 2. The molecule has 2 aliphatic rings. The molecule has 5 rings (SSSR count). The van der Waals surface area contributed by atoms with Crippen LogP contribution in [0.2, 0.25) is 0 Å². The molecule has 0 radical (unpaired) electrons. The Bertz CT molecular complexity index is 1230. The molecule has 0 spiro atoms. The molecule has 33 heavy (non-hydrogen) atoms. The van der Waals surface area contributed by atoms with Crippen LogP contribution in [0.3, 0.4) is 0 Å². The zero-order valence-electron chi connectivity index (χ0n) is 19.4. The normalized spacial score (nSPS) is 20.3. The Kier molecular flexibility index (Phi) is 5.27. The van der Waals surface area contributed by atoms with Gasteiger partial charge >= 0.3 is 0 Å². The van der Waals surface area contributed by atoms with E-state index in [1.165, 1.54) is 0 Å². The second-order valence-corrected chi connectivity index (χ2v) is 9.21. The molecule has 2 atom stereocenters. The minimum atomic E-state index is -0.548. The number of amides is 2. The van der Waals surface area contributed by atoms with Crippen molar-refractivity contribution in [2.75, 3.05) is 27.3 Å². The Morgan fingerprint density at radius 2 is 1.88 bits per heavy atom. The van der Waals surface area contributed by atoms with E-state index in [1.807, 2.05) is 36.4 Å². The maximum Gasteiger partial charge on any atom is 0.246 e. The van der Waals surface area contributed by atoms with Crippen molar-refractivity contribution >= 4 is 22.7 Å². The number of benzene rings is 2. The van der Waals surface area contributed by atoms with Gasteiger partial charge in [0.05, 0.1) is 20.8 Å². The molecule has 3 heterocycles. The molecule has 1 N–H and O–H groups in total. The van der Waals surface area contributed by atoms with Gasteiger partial charge in [-0.25, -0.2) is 0 Å². The van der Waals surface area contributed by atoms with Crippen LogP contribution in [0.15, 0.2) is 42.5 Å². The van der Waals surface area contributed by atoms with E-state index in [2.05, 4.69) is 24.9 Å². The summed E-state index contributed by atoms with van der Waals surface area (Å²) in [6.07, 6.45) is 0.494. The van der Waals surface area contributed by atoms with Crippen LogP contribution in [0.1, 0.15) is 36.7 Å². The van der Waals surface area contributed by atoms with Crippen LogP contribution in [-0.4, -0.2) is 59.9 Å². The molecule has 2 aromatic carbocycles. The number of aromatic amines is 1. The Hall–Kier alpha value is -3.48. The number of ether oxygens (including phenoxy) is 2. The summed E-state index contributed by atoms with van der Waals surface area (Å²) in [5.74, 6) is 1.54. The summed E-state index contributed by atoms with van der Waals surface area (Å²) in [5, 5.41) is 1.09. The molecular formula is C26H29N3O4. The van der Waals surface area contributed by atoms with Gasteiger partial charge < -0.3 is 24.3 Å². The summed E-state index contributed by atoms with van der Waals surface area (Å²) in [5.41, 5.74) is 3.85. The minimum Gasteiger partial charge on any atom is -0.497 e. The standard InChI is InChI=1S/C26H29N3O4/c1-15(2)13-28-14-23(30)29-21(26(28)31)12-19-17-7-5-6-8-20(17)27-24(19)25(29)18-10-9-16(32-3)11-22(18)33-4/h5-11,15,21,25,27H,12-14H2,1-4H3/t21-,25?/m0/s1. The highest BCUT2D eigenvalue weighted by molar-refractivity contribution is 5.97. The average molecular weight is 448 g/mol. The zero-order chi connectivity index (χ0) is 23.3. The molecule has 1 fully saturated rings. The van der Waals surface area contributed by atoms with Gasteiger partial charge in [-0.3, -0.25) is 9.59 Å². The maximum atomic E-state index is 13.6. The number of carbonyl (C=O) groups is 2. The average Bonchev–Trinajstić information content (AvgIpc) is 3.18. The first-order valence-corrected chi connectivity index (χ1v) is 11.3. The first-order valence-electron chi connectivity index (χ1n) is 11.3. The van der Waals surface area contributed by atoms with Gasteiger partial charge in [0.25, 0.3) is 0 Å². The highest BCUT2D eigenvalue weighted by atomic mass is 16.5. The smallest absolute Gasteiger partial charge is 0.246 e. The molecule has 0 bridgehead atoms. The lowest BCUT2D eigenvalue weighted by atomic mass is 9.85. The predicted molar refractivity (Wildman–Crippen MR) is 125 cm³/mol. The lowest BCUT2D eigenvalue weighted by Gasteiger charge is -2.47. The molecule has 172 valence electrons. The first-order chi connectivity index (χ1) is 15.9. The highest BCUT2D eigenvalue weighted by Gasteiger charge is 2.48. The SMILES string of the molecule is COc1ccc(C2c3[nH]c4ccccc4c3C[C@H]3C(=O)N(CC(C)C)CC(=O)N23)c(OC)c1. The van der Waals surface area contributed by atoms with Crippen molar-refractivity contribution in [3.8, 4) is 11.5 Å². The van der Waals surface area contributed by atoms with E-state index < -0.39 is 12.1 Å². The van der Waals surface area contributed by atoms with E-state index >= 15 is 0 Å². The fourth-order valence-electron chi connectivity index (χ4n) is 5.29. The third-order valence-corrected chi connectivity index (χ3v) is 6.66. The summed E-state index contributed by atoms with van der Waals surface area (Å²) >= 11 is 0. The van der Waals surface area contributed by atoms with Gasteiger partial charge in [0, 0.05) is 41.2 Å². The Morgan fingerprint density at radius 3 is 2.61 bits per heavy atom. The zero-order valence-corrected chi connectivity index (χ0v) is 19.4. The third-order valence-electron chi connectivity index (χ3n) is 6.66. The Morgan fingerprint density at radius 1 is 1.09 bits per heavy atom. The van der Waals surface area contributed by atoms with Crippen molar-refractivity contribution in [1.29, 1.82) is 0 Å². The van der Waals surface area contributed by atoms with Gasteiger partial charge in [-0.2, -0.15) is 0 Å². The lowest BCUT2D eigenvalue weighted by molar-refractivity contribution is -0.159. The molecule has 1 saturated heterocycles. The Labute approximate surface area is 193 Å². The van der Waals surface area contributed by atoms with Crippen LogP contribution in [0.5, 0.6) is 11.5 Å². The molecule has 1 aromatic heterocycles. The fraction of sp³-hybridized carbons (Fsp3) is 0.385. The number of piperazine rings is 1. The van der Waals surface area contributed by atoms with Crippen LogP contribution in [-0.2, 0) is 16.0 Å². The van der Waals surface area contributed by atoms with Gasteiger partial charge in [0.2, 0.25) is 11.8 Å². The van der Waals surface area contributed by atoms with Crippen LogP contribution in [0.4, 0.5) is 0 Å².